The van der Waals surface area contributed by atoms with E-state index in [1.807, 2.05) is 13.8 Å². The third kappa shape index (κ3) is 4.51. The molecule has 0 aliphatic carbocycles. The molecule has 0 aromatic heterocycles. The van der Waals surface area contributed by atoms with Gasteiger partial charge in [-0.25, -0.2) is 8.42 Å². The molecule has 0 saturated heterocycles. The van der Waals surface area contributed by atoms with Crippen LogP contribution in [0.1, 0.15) is 13.8 Å². The van der Waals surface area contributed by atoms with Gasteiger partial charge in [0.25, 0.3) is 5.91 Å². The number of sulfone groups is 1. The number of hydrogen-bond donors (Lipinski definition) is 1. The minimum atomic E-state index is -3.67. The molecule has 0 fully saturated rings. The predicted octanol–water partition coefficient (Wildman–Crippen LogP) is 2.47. The van der Waals surface area contributed by atoms with Gasteiger partial charge in [-0.1, -0.05) is 0 Å². The average molecular weight is 363 g/mol. The number of benzene rings is 2. The second-order valence-electron chi connectivity index (χ2n) is 5.32. The number of hydrogen-bond acceptors (Lipinski definition) is 5. The van der Waals surface area contributed by atoms with Gasteiger partial charge in [-0.15, -0.1) is 0 Å². The first-order valence-corrected chi connectivity index (χ1v) is 9.41. The quantitative estimate of drug-likeness (QED) is 0.817. The van der Waals surface area contributed by atoms with E-state index in [2.05, 4.69) is 0 Å². The summed E-state index contributed by atoms with van der Waals surface area (Å²) in [6.07, 6.45) is 0. The van der Waals surface area contributed by atoms with Crippen LogP contribution in [0, 0.1) is 0 Å². The Bertz CT molecular complexity index is 810. The first-order valence-electron chi connectivity index (χ1n) is 7.93. The Balaban J connectivity index is 2.09. The van der Waals surface area contributed by atoms with E-state index in [9.17, 15) is 18.3 Å². The maximum absolute atomic E-state index is 12.5. The molecule has 134 valence electrons. The van der Waals surface area contributed by atoms with Gasteiger partial charge in [0.1, 0.15) is 11.5 Å². The standard InChI is InChI=1S/C18H21NO5S/c1-3-19(4-2)18(21)13-24-15-7-11-17(12-8-15)25(22,23)16-9-5-14(20)6-10-16/h5-12,20H,3-4,13H2,1-2H3. The molecule has 2 aromatic carbocycles. The van der Waals surface area contributed by atoms with Gasteiger partial charge >= 0.3 is 0 Å². The van der Waals surface area contributed by atoms with E-state index < -0.39 is 9.84 Å². The number of nitrogens with zero attached hydrogens (tertiary/aromatic N) is 1. The van der Waals surface area contributed by atoms with Gasteiger partial charge < -0.3 is 14.7 Å². The molecule has 2 rings (SSSR count). The van der Waals surface area contributed by atoms with Crippen molar-refractivity contribution in [1.82, 2.24) is 4.90 Å². The molecule has 1 amide bonds. The Kier molecular flexibility index (Phi) is 6.03. The Morgan fingerprint density at radius 2 is 1.44 bits per heavy atom. The van der Waals surface area contributed by atoms with Gasteiger partial charge in [0.05, 0.1) is 9.79 Å². The molecular weight excluding hydrogens is 342 g/mol. The molecule has 1 N–H and O–H groups in total. The van der Waals surface area contributed by atoms with Gasteiger partial charge in [0.15, 0.2) is 6.61 Å². The number of rotatable bonds is 7. The Morgan fingerprint density at radius 1 is 0.960 bits per heavy atom. The Labute approximate surface area is 147 Å². The summed E-state index contributed by atoms with van der Waals surface area (Å²) >= 11 is 0. The van der Waals surface area contributed by atoms with Crippen molar-refractivity contribution in [2.75, 3.05) is 19.7 Å². The lowest BCUT2D eigenvalue weighted by atomic mass is 10.3. The summed E-state index contributed by atoms with van der Waals surface area (Å²) in [7, 11) is -3.67. The highest BCUT2D eigenvalue weighted by Crippen LogP contribution is 2.24. The van der Waals surface area contributed by atoms with Crippen LogP contribution in [0.5, 0.6) is 11.5 Å². The number of carbonyl (C=O) groups excluding carboxylic acids is 1. The SMILES string of the molecule is CCN(CC)C(=O)COc1ccc(S(=O)(=O)c2ccc(O)cc2)cc1. The van der Waals surface area contributed by atoms with Crippen molar-refractivity contribution in [2.24, 2.45) is 0 Å². The van der Waals surface area contributed by atoms with E-state index >= 15 is 0 Å². The van der Waals surface area contributed by atoms with Crippen molar-refractivity contribution in [3.63, 3.8) is 0 Å². The van der Waals surface area contributed by atoms with Gasteiger partial charge in [-0.05, 0) is 62.4 Å². The van der Waals surface area contributed by atoms with Crippen molar-refractivity contribution in [2.45, 2.75) is 23.6 Å². The molecule has 0 bridgehead atoms. The summed E-state index contributed by atoms with van der Waals surface area (Å²) in [5.41, 5.74) is 0. The minimum Gasteiger partial charge on any atom is -0.508 e. The van der Waals surface area contributed by atoms with E-state index in [0.29, 0.717) is 18.8 Å². The number of amides is 1. The molecule has 0 aliphatic rings. The average Bonchev–Trinajstić information content (AvgIpc) is 2.61. The summed E-state index contributed by atoms with van der Waals surface area (Å²) in [6, 6.07) is 11.2. The molecule has 25 heavy (non-hydrogen) atoms. The zero-order valence-corrected chi connectivity index (χ0v) is 15.0. The van der Waals surface area contributed by atoms with Gasteiger partial charge in [-0.3, -0.25) is 4.79 Å². The van der Waals surface area contributed by atoms with Crippen molar-refractivity contribution >= 4 is 15.7 Å². The van der Waals surface area contributed by atoms with Crippen molar-refractivity contribution in [3.8, 4) is 11.5 Å². The fourth-order valence-corrected chi connectivity index (χ4v) is 3.55. The van der Waals surface area contributed by atoms with E-state index in [-0.39, 0.29) is 28.1 Å². The highest BCUT2D eigenvalue weighted by molar-refractivity contribution is 7.91. The monoisotopic (exact) mass is 363 g/mol. The van der Waals surface area contributed by atoms with Crippen LogP contribution in [-0.2, 0) is 14.6 Å². The highest BCUT2D eigenvalue weighted by atomic mass is 32.2. The van der Waals surface area contributed by atoms with Crippen molar-refractivity contribution in [3.05, 3.63) is 48.5 Å². The van der Waals surface area contributed by atoms with E-state index in [1.165, 1.54) is 48.5 Å². The van der Waals surface area contributed by atoms with Crippen LogP contribution < -0.4 is 4.74 Å². The molecule has 0 heterocycles. The van der Waals surface area contributed by atoms with Crippen LogP contribution in [0.2, 0.25) is 0 Å². The maximum Gasteiger partial charge on any atom is 0.260 e. The molecular formula is C18H21NO5S. The van der Waals surface area contributed by atoms with E-state index in [4.69, 9.17) is 4.74 Å². The molecule has 2 aromatic rings. The van der Waals surface area contributed by atoms with Crippen LogP contribution in [0.25, 0.3) is 0 Å². The number of phenols is 1. The number of phenolic OH excluding ortho intramolecular Hbond substituents is 1. The summed E-state index contributed by atoms with van der Waals surface area (Å²) in [4.78, 5) is 13.8. The van der Waals surface area contributed by atoms with Gasteiger partial charge in [0, 0.05) is 13.1 Å². The predicted molar refractivity (Wildman–Crippen MR) is 93.4 cm³/mol. The number of ether oxygens (including phenoxy) is 1. The molecule has 0 aliphatic heterocycles. The molecule has 6 nitrogen and oxygen atoms in total. The number of aromatic hydroxyl groups is 1. The molecule has 0 atom stereocenters. The minimum absolute atomic E-state index is 0.000525. The first-order chi connectivity index (χ1) is 11.9. The van der Waals surface area contributed by atoms with Crippen LogP contribution in [0.3, 0.4) is 0 Å². The second kappa shape index (κ2) is 8.02. The van der Waals surface area contributed by atoms with Crippen molar-refractivity contribution < 1.29 is 23.1 Å². The smallest absolute Gasteiger partial charge is 0.260 e. The summed E-state index contributed by atoms with van der Waals surface area (Å²) in [5, 5.41) is 9.27. The normalized spacial score (nSPS) is 11.1. The number of likely N-dealkylation sites (N-methyl/N-ethyl adjacent to an activating group) is 1. The molecule has 0 spiro atoms. The van der Waals surface area contributed by atoms with Gasteiger partial charge in [-0.2, -0.15) is 0 Å². The lowest BCUT2D eigenvalue weighted by Crippen LogP contribution is -2.34. The van der Waals surface area contributed by atoms with Crippen LogP contribution in [0.4, 0.5) is 0 Å². The zero-order valence-electron chi connectivity index (χ0n) is 14.2. The van der Waals surface area contributed by atoms with E-state index in [1.54, 1.807) is 4.90 Å². The summed E-state index contributed by atoms with van der Waals surface area (Å²) in [6.45, 7) is 4.92. The summed E-state index contributed by atoms with van der Waals surface area (Å²) < 4.78 is 30.4. The highest BCUT2D eigenvalue weighted by Gasteiger charge is 2.18. The third-order valence-corrected chi connectivity index (χ3v) is 5.55. The molecule has 0 radical (unpaired) electrons. The fourth-order valence-electron chi connectivity index (χ4n) is 2.29. The largest absolute Gasteiger partial charge is 0.508 e. The van der Waals surface area contributed by atoms with E-state index in [0.717, 1.165) is 0 Å². The summed E-state index contributed by atoms with van der Waals surface area (Å²) in [5.74, 6) is 0.302. The Hall–Kier alpha value is -2.54. The topological polar surface area (TPSA) is 83.9 Å². The lowest BCUT2D eigenvalue weighted by molar-refractivity contribution is -0.132. The second-order valence-corrected chi connectivity index (χ2v) is 7.27. The van der Waals surface area contributed by atoms with Crippen molar-refractivity contribution in [1.29, 1.82) is 0 Å². The first kappa shape index (κ1) is 18.8. The van der Waals surface area contributed by atoms with Crippen LogP contribution in [-0.4, -0.2) is 44.0 Å². The Morgan fingerprint density at radius 3 is 1.92 bits per heavy atom. The molecule has 0 saturated carbocycles. The molecule has 0 unspecified atom stereocenters. The zero-order chi connectivity index (χ0) is 18.4. The molecule has 7 heteroatoms. The van der Waals surface area contributed by atoms with Gasteiger partial charge in [0.2, 0.25) is 9.84 Å². The van der Waals surface area contributed by atoms with Crippen LogP contribution in [0.15, 0.2) is 58.3 Å². The fraction of sp³-hybridized carbons (Fsp3) is 0.278. The number of carbonyl (C=O) groups is 1. The lowest BCUT2D eigenvalue weighted by Gasteiger charge is -2.18. The van der Waals surface area contributed by atoms with Crippen LogP contribution >= 0.6 is 0 Å². The third-order valence-electron chi connectivity index (χ3n) is 3.76. The maximum atomic E-state index is 12.5.